The Morgan fingerprint density at radius 1 is 1.23 bits per heavy atom. The number of piperidine rings is 1. The summed E-state index contributed by atoms with van der Waals surface area (Å²) in [6, 6.07) is 8.19. The van der Waals surface area contributed by atoms with E-state index >= 15 is 0 Å². The smallest absolute Gasteiger partial charge is 0.187 e. The molecule has 2 atom stereocenters. The van der Waals surface area contributed by atoms with Crippen LogP contribution in [0.4, 0.5) is 0 Å². The molecule has 0 unspecified atom stereocenters. The largest absolute Gasteiger partial charge is 0.497 e. The molecule has 4 rings (SSSR count). The van der Waals surface area contributed by atoms with Crippen molar-refractivity contribution in [3.05, 3.63) is 53.4 Å². The third-order valence-electron chi connectivity index (χ3n) is 6.09. The first-order valence-corrected chi connectivity index (χ1v) is 12.3. The minimum absolute atomic E-state index is 0.362. The molecule has 6 heteroatoms. The van der Waals surface area contributed by atoms with Gasteiger partial charge in [-0.3, -0.25) is 4.90 Å². The first kappa shape index (κ1) is 22.3. The zero-order chi connectivity index (χ0) is 21.5. The van der Waals surface area contributed by atoms with Gasteiger partial charge in [-0.1, -0.05) is 36.0 Å². The molecule has 3 heterocycles. The molecule has 0 saturated carbocycles. The number of rotatable bonds is 8. The van der Waals surface area contributed by atoms with Crippen molar-refractivity contribution in [2.24, 2.45) is 0 Å². The van der Waals surface area contributed by atoms with Crippen molar-refractivity contribution in [2.45, 2.75) is 49.8 Å². The molecule has 2 aromatic rings. The third-order valence-corrected chi connectivity index (χ3v) is 7.09. The van der Waals surface area contributed by atoms with E-state index in [9.17, 15) is 0 Å². The summed E-state index contributed by atoms with van der Waals surface area (Å²) < 4.78 is 11.0. The Morgan fingerprint density at radius 3 is 2.87 bits per heavy atom. The Morgan fingerprint density at radius 2 is 2.10 bits per heavy atom. The van der Waals surface area contributed by atoms with Crippen LogP contribution in [0.15, 0.2) is 41.7 Å². The van der Waals surface area contributed by atoms with E-state index in [0.717, 1.165) is 49.3 Å². The second-order valence-electron chi connectivity index (χ2n) is 8.44. The molecule has 2 fully saturated rings. The van der Waals surface area contributed by atoms with Crippen LogP contribution in [0.1, 0.15) is 48.4 Å². The van der Waals surface area contributed by atoms with Crippen molar-refractivity contribution in [3.8, 4) is 5.75 Å². The fourth-order valence-electron chi connectivity index (χ4n) is 4.36. The summed E-state index contributed by atoms with van der Waals surface area (Å²) in [4.78, 5) is 12.1. The molecular weight excluding hydrogens is 406 g/mol. The standard InChI is InChI=1S/C25H33N3O2S/c1-19-16-26-25(31-18-23-8-5-15-30-23)27-24(19)21-7-4-14-28(17-21)13-3-6-20-9-11-22(29-2)12-10-20/h3,6,9-12,16,21,23H,4-5,7-8,13-15,17-18H2,1-2H3/b6-3+/t21-,23-/m1/s1. The van der Waals surface area contributed by atoms with Gasteiger partial charge in [-0.2, -0.15) is 0 Å². The number of thioether (sulfide) groups is 1. The maximum Gasteiger partial charge on any atom is 0.187 e. The van der Waals surface area contributed by atoms with Crippen LogP contribution in [0.25, 0.3) is 6.08 Å². The van der Waals surface area contributed by atoms with Gasteiger partial charge in [0.25, 0.3) is 0 Å². The van der Waals surface area contributed by atoms with Crippen molar-refractivity contribution in [2.75, 3.05) is 39.1 Å². The SMILES string of the molecule is COc1ccc(/C=C/CN2CCC[C@@H](c3nc(SC[C@H]4CCCO4)ncc3C)C2)cc1. The number of benzene rings is 1. The Labute approximate surface area is 190 Å². The normalized spacial score (nSPS) is 22.3. The van der Waals surface area contributed by atoms with E-state index in [1.807, 2.05) is 18.3 Å². The van der Waals surface area contributed by atoms with Crippen LogP contribution >= 0.6 is 11.8 Å². The molecule has 0 radical (unpaired) electrons. The number of likely N-dealkylation sites (tertiary alicyclic amines) is 1. The molecule has 31 heavy (non-hydrogen) atoms. The van der Waals surface area contributed by atoms with E-state index < -0.39 is 0 Å². The van der Waals surface area contributed by atoms with Crippen LogP contribution in [-0.4, -0.2) is 60.1 Å². The summed E-state index contributed by atoms with van der Waals surface area (Å²) in [5.74, 6) is 2.33. The highest BCUT2D eigenvalue weighted by Crippen LogP contribution is 2.29. The number of aryl methyl sites for hydroxylation is 1. The Hall–Kier alpha value is -1.89. The molecule has 0 amide bonds. The summed E-state index contributed by atoms with van der Waals surface area (Å²) in [5.41, 5.74) is 3.64. The van der Waals surface area contributed by atoms with Gasteiger partial charge in [0.2, 0.25) is 0 Å². The zero-order valence-electron chi connectivity index (χ0n) is 18.6. The van der Waals surface area contributed by atoms with Gasteiger partial charge in [-0.25, -0.2) is 9.97 Å². The maximum absolute atomic E-state index is 5.74. The molecule has 166 valence electrons. The molecule has 2 aliphatic heterocycles. The predicted molar refractivity (Wildman–Crippen MR) is 127 cm³/mol. The first-order valence-electron chi connectivity index (χ1n) is 11.3. The molecule has 0 spiro atoms. The van der Waals surface area contributed by atoms with Crippen LogP contribution in [0.5, 0.6) is 5.75 Å². The van der Waals surface area contributed by atoms with E-state index in [1.165, 1.54) is 36.1 Å². The van der Waals surface area contributed by atoms with E-state index in [4.69, 9.17) is 14.5 Å². The molecule has 0 N–H and O–H groups in total. The lowest BCUT2D eigenvalue weighted by molar-refractivity contribution is 0.129. The number of aromatic nitrogens is 2. The van der Waals surface area contributed by atoms with Crippen molar-refractivity contribution in [3.63, 3.8) is 0 Å². The molecule has 0 bridgehead atoms. The van der Waals surface area contributed by atoms with Crippen LogP contribution in [0.3, 0.4) is 0 Å². The van der Waals surface area contributed by atoms with Crippen molar-refractivity contribution in [1.82, 2.24) is 14.9 Å². The van der Waals surface area contributed by atoms with E-state index in [1.54, 1.807) is 18.9 Å². The predicted octanol–water partition coefficient (Wildman–Crippen LogP) is 4.96. The Bertz CT molecular complexity index is 866. The van der Waals surface area contributed by atoms with Gasteiger partial charge in [-0.15, -0.1) is 0 Å². The topological polar surface area (TPSA) is 47.5 Å². The quantitative estimate of drug-likeness (QED) is 0.428. The van der Waals surface area contributed by atoms with Gasteiger partial charge in [0, 0.05) is 37.6 Å². The average molecular weight is 440 g/mol. The van der Waals surface area contributed by atoms with Crippen LogP contribution < -0.4 is 4.74 Å². The number of nitrogens with zero attached hydrogens (tertiary/aromatic N) is 3. The fourth-order valence-corrected chi connectivity index (χ4v) is 5.25. The maximum atomic E-state index is 5.74. The van der Waals surface area contributed by atoms with Gasteiger partial charge in [0.15, 0.2) is 5.16 Å². The zero-order valence-corrected chi connectivity index (χ0v) is 19.4. The third kappa shape index (κ3) is 6.31. The van der Waals surface area contributed by atoms with E-state index in [2.05, 4.69) is 41.1 Å². The van der Waals surface area contributed by atoms with Gasteiger partial charge in [0.1, 0.15) is 5.75 Å². The molecule has 1 aromatic carbocycles. The second-order valence-corrected chi connectivity index (χ2v) is 9.43. The summed E-state index contributed by atoms with van der Waals surface area (Å²) in [5, 5.41) is 0.896. The van der Waals surface area contributed by atoms with Crippen LogP contribution in [-0.2, 0) is 4.74 Å². The van der Waals surface area contributed by atoms with Gasteiger partial charge < -0.3 is 9.47 Å². The van der Waals surface area contributed by atoms with E-state index in [-0.39, 0.29) is 0 Å². The summed E-state index contributed by atoms with van der Waals surface area (Å²) in [6.07, 6.45) is 11.6. The molecule has 5 nitrogen and oxygen atoms in total. The molecule has 2 saturated heterocycles. The summed E-state index contributed by atoms with van der Waals surface area (Å²) in [7, 11) is 1.70. The highest BCUT2D eigenvalue weighted by Gasteiger charge is 2.24. The summed E-state index contributed by atoms with van der Waals surface area (Å²) >= 11 is 1.74. The number of methoxy groups -OCH3 is 1. The lowest BCUT2D eigenvalue weighted by atomic mass is 9.92. The minimum Gasteiger partial charge on any atom is -0.497 e. The van der Waals surface area contributed by atoms with Crippen molar-refractivity contribution < 1.29 is 9.47 Å². The van der Waals surface area contributed by atoms with Gasteiger partial charge in [-0.05, 0) is 62.4 Å². The molecule has 2 aliphatic rings. The van der Waals surface area contributed by atoms with Crippen LogP contribution in [0, 0.1) is 6.92 Å². The average Bonchev–Trinajstić information content (AvgIpc) is 3.33. The number of ether oxygens (including phenoxy) is 2. The lowest BCUT2D eigenvalue weighted by Crippen LogP contribution is -2.35. The first-order chi connectivity index (χ1) is 15.2. The van der Waals surface area contributed by atoms with Gasteiger partial charge >= 0.3 is 0 Å². The summed E-state index contributed by atoms with van der Waals surface area (Å²) in [6.45, 7) is 6.21. The monoisotopic (exact) mass is 439 g/mol. The molecular formula is C25H33N3O2S. The lowest BCUT2D eigenvalue weighted by Gasteiger charge is -2.32. The van der Waals surface area contributed by atoms with Gasteiger partial charge in [0.05, 0.1) is 18.9 Å². The fraction of sp³-hybridized carbons (Fsp3) is 0.520. The Balaban J connectivity index is 1.33. The number of hydrogen-bond acceptors (Lipinski definition) is 6. The Kier molecular flexibility index (Phi) is 8.00. The van der Waals surface area contributed by atoms with Crippen molar-refractivity contribution in [1.29, 1.82) is 0 Å². The molecule has 0 aliphatic carbocycles. The van der Waals surface area contributed by atoms with E-state index in [0.29, 0.717) is 12.0 Å². The number of hydrogen-bond donors (Lipinski definition) is 0. The van der Waals surface area contributed by atoms with Crippen LogP contribution in [0.2, 0.25) is 0 Å². The highest BCUT2D eigenvalue weighted by atomic mass is 32.2. The second kappa shape index (κ2) is 11.1. The highest BCUT2D eigenvalue weighted by molar-refractivity contribution is 7.99. The molecule has 1 aromatic heterocycles. The minimum atomic E-state index is 0.362. The van der Waals surface area contributed by atoms with Crippen molar-refractivity contribution >= 4 is 17.8 Å².